The normalized spacial score (nSPS) is 14.9. The number of benzene rings is 2. The van der Waals surface area contributed by atoms with E-state index < -0.39 is 6.43 Å². The molecule has 0 aromatic heterocycles. The van der Waals surface area contributed by atoms with E-state index in [1.807, 2.05) is 17.0 Å². The van der Waals surface area contributed by atoms with Crippen LogP contribution in [-0.4, -0.2) is 6.54 Å². The van der Waals surface area contributed by atoms with E-state index in [0.717, 1.165) is 19.4 Å². The third kappa shape index (κ3) is 2.84. The molecule has 0 saturated carbocycles. The van der Waals surface area contributed by atoms with Gasteiger partial charge in [-0.3, -0.25) is 0 Å². The van der Waals surface area contributed by atoms with Gasteiger partial charge in [0.25, 0.3) is 6.43 Å². The number of hydrogen-bond donors (Lipinski definition) is 1. The molecule has 0 bridgehead atoms. The minimum atomic E-state index is -2.51. The van der Waals surface area contributed by atoms with Crippen molar-refractivity contribution in [3.05, 3.63) is 59.2 Å². The summed E-state index contributed by atoms with van der Waals surface area (Å²) in [6.07, 6.45) is -0.558. The van der Waals surface area contributed by atoms with E-state index in [4.69, 9.17) is 5.73 Å². The first kappa shape index (κ1) is 13.9. The second kappa shape index (κ2) is 5.72. The van der Waals surface area contributed by atoms with E-state index in [-0.39, 0.29) is 5.56 Å². The zero-order valence-corrected chi connectivity index (χ0v) is 11.7. The fourth-order valence-electron chi connectivity index (χ4n) is 2.94. The number of aryl methyl sites for hydroxylation is 1. The molecule has 2 aromatic rings. The summed E-state index contributed by atoms with van der Waals surface area (Å²) in [7, 11) is 0. The standard InChI is InChI=1S/C17H18F2N2/c18-17(19)15-10-14(20)7-8-16(15)21-9-3-6-12-4-1-2-5-13(12)11-21/h1-2,4-5,7-8,10,17H,3,6,9,11,20H2. The second-order valence-corrected chi connectivity index (χ2v) is 5.41. The van der Waals surface area contributed by atoms with Gasteiger partial charge in [0.2, 0.25) is 0 Å². The molecular weight excluding hydrogens is 270 g/mol. The monoisotopic (exact) mass is 288 g/mol. The summed E-state index contributed by atoms with van der Waals surface area (Å²) < 4.78 is 26.6. The van der Waals surface area contributed by atoms with E-state index in [9.17, 15) is 8.78 Å². The highest BCUT2D eigenvalue weighted by Crippen LogP contribution is 2.34. The number of nitrogen functional groups attached to an aromatic ring is 1. The van der Waals surface area contributed by atoms with Crippen molar-refractivity contribution in [3.63, 3.8) is 0 Å². The van der Waals surface area contributed by atoms with Crippen molar-refractivity contribution in [1.82, 2.24) is 0 Å². The van der Waals surface area contributed by atoms with Gasteiger partial charge in [-0.1, -0.05) is 24.3 Å². The molecule has 3 rings (SSSR count). The molecule has 0 saturated heterocycles. The van der Waals surface area contributed by atoms with Gasteiger partial charge in [-0.15, -0.1) is 0 Å². The van der Waals surface area contributed by atoms with E-state index in [0.29, 0.717) is 17.9 Å². The lowest BCUT2D eigenvalue weighted by Crippen LogP contribution is -2.24. The first-order chi connectivity index (χ1) is 10.1. The SMILES string of the molecule is Nc1ccc(N2CCCc3ccccc3C2)c(C(F)F)c1. The van der Waals surface area contributed by atoms with Gasteiger partial charge < -0.3 is 10.6 Å². The van der Waals surface area contributed by atoms with Gasteiger partial charge in [-0.25, -0.2) is 8.78 Å². The maximum absolute atomic E-state index is 13.3. The lowest BCUT2D eigenvalue weighted by molar-refractivity contribution is 0.152. The molecule has 0 aliphatic carbocycles. The Kier molecular flexibility index (Phi) is 3.78. The van der Waals surface area contributed by atoms with Crippen LogP contribution in [0.4, 0.5) is 20.2 Å². The van der Waals surface area contributed by atoms with Gasteiger partial charge in [0.15, 0.2) is 0 Å². The number of alkyl halides is 2. The number of halogens is 2. The summed E-state index contributed by atoms with van der Waals surface area (Å²) in [5.41, 5.74) is 9.17. The maximum Gasteiger partial charge on any atom is 0.265 e. The maximum atomic E-state index is 13.3. The Bertz CT molecular complexity index is 640. The molecule has 0 unspecified atom stereocenters. The third-order valence-electron chi connectivity index (χ3n) is 3.98. The van der Waals surface area contributed by atoms with Gasteiger partial charge >= 0.3 is 0 Å². The van der Waals surface area contributed by atoms with Crippen molar-refractivity contribution in [2.45, 2.75) is 25.8 Å². The molecule has 0 spiro atoms. The molecule has 0 fully saturated rings. The summed E-state index contributed by atoms with van der Waals surface area (Å²) in [5.74, 6) is 0. The highest BCUT2D eigenvalue weighted by atomic mass is 19.3. The van der Waals surface area contributed by atoms with Crippen molar-refractivity contribution < 1.29 is 8.78 Å². The minimum Gasteiger partial charge on any atom is -0.399 e. The van der Waals surface area contributed by atoms with Crippen LogP contribution in [0.25, 0.3) is 0 Å². The Morgan fingerprint density at radius 1 is 1.05 bits per heavy atom. The van der Waals surface area contributed by atoms with Gasteiger partial charge in [0.05, 0.1) is 0 Å². The Balaban J connectivity index is 1.98. The molecule has 4 heteroatoms. The number of anilines is 2. The van der Waals surface area contributed by atoms with E-state index >= 15 is 0 Å². The highest BCUT2D eigenvalue weighted by molar-refractivity contribution is 5.60. The smallest absolute Gasteiger partial charge is 0.265 e. The van der Waals surface area contributed by atoms with Crippen molar-refractivity contribution in [3.8, 4) is 0 Å². The van der Waals surface area contributed by atoms with Crippen LogP contribution < -0.4 is 10.6 Å². The van der Waals surface area contributed by atoms with Crippen LogP contribution in [-0.2, 0) is 13.0 Å². The van der Waals surface area contributed by atoms with E-state index in [1.54, 1.807) is 12.1 Å². The number of fused-ring (bicyclic) bond motifs is 1. The van der Waals surface area contributed by atoms with Gasteiger partial charge in [0.1, 0.15) is 0 Å². The van der Waals surface area contributed by atoms with Crippen LogP contribution in [0.3, 0.4) is 0 Å². The zero-order chi connectivity index (χ0) is 14.8. The lowest BCUT2D eigenvalue weighted by Gasteiger charge is -2.26. The number of nitrogens with two attached hydrogens (primary N) is 1. The molecule has 0 amide bonds. The van der Waals surface area contributed by atoms with Gasteiger partial charge in [0, 0.05) is 30.0 Å². The molecule has 2 N–H and O–H groups in total. The fraction of sp³-hybridized carbons (Fsp3) is 0.294. The predicted octanol–water partition coefficient (Wildman–Crippen LogP) is 4.16. The highest BCUT2D eigenvalue weighted by Gasteiger charge is 2.20. The van der Waals surface area contributed by atoms with Crippen molar-refractivity contribution >= 4 is 11.4 Å². The van der Waals surface area contributed by atoms with Crippen LogP contribution in [0.15, 0.2) is 42.5 Å². The Morgan fingerprint density at radius 3 is 2.57 bits per heavy atom. The van der Waals surface area contributed by atoms with Gasteiger partial charge in [-0.2, -0.15) is 0 Å². The van der Waals surface area contributed by atoms with Crippen molar-refractivity contribution in [2.75, 3.05) is 17.2 Å². The number of nitrogens with zero attached hydrogens (tertiary/aromatic N) is 1. The summed E-state index contributed by atoms with van der Waals surface area (Å²) >= 11 is 0. The summed E-state index contributed by atoms with van der Waals surface area (Å²) in [5, 5.41) is 0. The summed E-state index contributed by atoms with van der Waals surface area (Å²) in [6, 6.07) is 13.0. The molecule has 2 nitrogen and oxygen atoms in total. The van der Waals surface area contributed by atoms with Crippen molar-refractivity contribution in [1.29, 1.82) is 0 Å². The zero-order valence-electron chi connectivity index (χ0n) is 11.7. The molecule has 0 atom stereocenters. The quantitative estimate of drug-likeness (QED) is 0.841. The average molecular weight is 288 g/mol. The van der Waals surface area contributed by atoms with Crippen LogP contribution in [0.1, 0.15) is 29.5 Å². The minimum absolute atomic E-state index is 0.0226. The van der Waals surface area contributed by atoms with Crippen molar-refractivity contribution in [2.24, 2.45) is 0 Å². The molecule has 110 valence electrons. The first-order valence-electron chi connectivity index (χ1n) is 7.14. The van der Waals surface area contributed by atoms with Crippen LogP contribution in [0, 0.1) is 0 Å². The fourth-order valence-corrected chi connectivity index (χ4v) is 2.94. The molecule has 1 aliphatic rings. The summed E-state index contributed by atoms with van der Waals surface area (Å²) in [6.45, 7) is 1.44. The molecular formula is C17H18F2N2. The third-order valence-corrected chi connectivity index (χ3v) is 3.98. The largest absolute Gasteiger partial charge is 0.399 e. The van der Waals surface area contributed by atoms with E-state index in [2.05, 4.69) is 12.1 Å². The molecule has 21 heavy (non-hydrogen) atoms. The second-order valence-electron chi connectivity index (χ2n) is 5.41. The molecule has 1 heterocycles. The Hall–Kier alpha value is -2.10. The topological polar surface area (TPSA) is 29.3 Å². The van der Waals surface area contributed by atoms with Gasteiger partial charge in [-0.05, 0) is 42.2 Å². The predicted molar refractivity (Wildman–Crippen MR) is 81.6 cm³/mol. The van der Waals surface area contributed by atoms with E-state index in [1.165, 1.54) is 17.2 Å². The molecule has 2 aromatic carbocycles. The first-order valence-corrected chi connectivity index (χ1v) is 7.14. The Labute approximate surface area is 123 Å². The number of rotatable bonds is 2. The Morgan fingerprint density at radius 2 is 1.81 bits per heavy atom. The lowest BCUT2D eigenvalue weighted by atomic mass is 10.0. The van der Waals surface area contributed by atoms with Crippen LogP contribution in [0.2, 0.25) is 0 Å². The average Bonchev–Trinajstić information content (AvgIpc) is 2.69. The summed E-state index contributed by atoms with van der Waals surface area (Å²) in [4.78, 5) is 2.03. The number of hydrogen-bond acceptors (Lipinski definition) is 2. The van der Waals surface area contributed by atoms with Crippen LogP contribution >= 0.6 is 0 Å². The van der Waals surface area contributed by atoms with Crippen LogP contribution in [0.5, 0.6) is 0 Å². The molecule has 0 radical (unpaired) electrons. The molecule has 1 aliphatic heterocycles.